The summed E-state index contributed by atoms with van der Waals surface area (Å²) < 4.78 is 25.9. The van der Waals surface area contributed by atoms with Crippen LogP contribution in [0.4, 0.5) is 0 Å². The van der Waals surface area contributed by atoms with Gasteiger partial charge in [-0.2, -0.15) is 0 Å². The van der Waals surface area contributed by atoms with Crippen LogP contribution >= 0.6 is 11.8 Å². The van der Waals surface area contributed by atoms with Gasteiger partial charge in [0, 0.05) is 23.8 Å². The molecule has 1 unspecified atom stereocenters. The van der Waals surface area contributed by atoms with Gasteiger partial charge in [-0.05, 0) is 37.5 Å². The summed E-state index contributed by atoms with van der Waals surface area (Å²) in [4.78, 5) is 14.9. The van der Waals surface area contributed by atoms with Crippen molar-refractivity contribution >= 4 is 27.5 Å². The van der Waals surface area contributed by atoms with E-state index in [0.29, 0.717) is 23.9 Å². The first-order valence-electron chi connectivity index (χ1n) is 11.1. The second kappa shape index (κ2) is 10.1. The summed E-state index contributed by atoms with van der Waals surface area (Å²) in [6, 6.07) is 17.7. The van der Waals surface area contributed by atoms with Crippen LogP contribution in [0.25, 0.3) is 17.1 Å². The van der Waals surface area contributed by atoms with Crippen LogP contribution in [0.1, 0.15) is 25.3 Å². The highest BCUT2D eigenvalue weighted by Crippen LogP contribution is 2.29. The van der Waals surface area contributed by atoms with E-state index in [1.807, 2.05) is 66.9 Å². The van der Waals surface area contributed by atoms with Crippen molar-refractivity contribution in [3.8, 4) is 17.1 Å². The van der Waals surface area contributed by atoms with E-state index in [1.165, 1.54) is 11.8 Å². The molecule has 1 atom stereocenters. The number of thioether (sulfide) groups is 1. The summed E-state index contributed by atoms with van der Waals surface area (Å²) in [6.07, 6.45) is 1.29. The minimum atomic E-state index is -3.06. The van der Waals surface area contributed by atoms with Crippen molar-refractivity contribution in [1.82, 2.24) is 19.7 Å². The molecule has 0 N–H and O–H groups in total. The highest BCUT2D eigenvalue weighted by Gasteiger charge is 2.34. The van der Waals surface area contributed by atoms with Gasteiger partial charge in [0.25, 0.3) is 0 Å². The van der Waals surface area contributed by atoms with Crippen LogP contribution in [-0.4, -0.2) is 63.8 Å². The smallest absolute Gasteiger partial charge is 0.233 e. The summed E-state index contributed by atoms with van der Waals surface area (Å²) >= 11 is 1.33. The van der Waals surface area contributed by atoms with Crippen LogP contribution in [-0.2, 0) is 14.6 Å². The van der Waals surface area contributed by atoms with E-state index in [9.17, 15) is 13.2 Å². The van der Waals surface area contributed by atoms with Gasteiger partial charge in [-0.3, -0.25) is 9.36 Å². The van der Waals surface area contributed by atoms with Gasteiger partial charge in [-0.1, -0.05) is 61.2 Å². The fraction of sp³-hybridized carbons (Fsp3) is 0.375. The summed E-state index contributed by atoms with van der Waals surface area (Å²) in [5, 5.41) is 9.47. The quantitative estimate of drug-likeness (QED) is 0.453. The number of carbonyl (C=O) groups excluding carboxylic acids is 1. The number of hydrogen-bond acceptors (Lipinski definition) is 6. The summed E-state index contributed by atoms with van der Waals surface area (Å²) in [7, 11) is -3.06. The largest absolute Gasteiger partial charge is 0.338 e. The zero-order chi connectivity index (χ0) is 23.4. The van der Waals surface area contributed by atoms with Crippen LogP contribution in [0.2, 0.25) is 0 Å². The van der Waals surface area contributed by atoms with Gasteiger partial charge in [-0.25, -0.2) is 8.42 Å². The fourth-order valence-corrected chi connectivity index (χ4v) is 6.69. The van der Waals surface area contributed by atoms with Crippen molar-refractivity contribution in [2.45, 2.75) is 37.9 Å². The van der Waals surface area contributed by atoms with Gasteiger partial charge in [0.1, 0.15) is 0 Å². The first-order valence-corrected chi connectivity index (χ1v) is 13.9. The standard InChI is InChI=1S/C24H28N4O3S2/c1-3-13-27(21-12-14-33(30,31)17-21)22(29)16-32-24-26-25-23(19-9-5-4-6-10-19)28(24)20-11-7-8-18(2)15-20/h4-11,15,21H,3,12-14,16-17H2,1-2H3. The number of benzene rings is 2. The zero-order valence-electron chi connectivity index (χ0n) is 18.8. The minimum Gasteiger partial charge on any atom is -0.338 e. The Morgan fingerprint density at radius 3 is 2.61 bits per heavy atom. The number of sulfone groups is 1. The third kappa shape index (κ3) is 5.47. The zero-order valence-corrected chi connectivity index (χ0v) is 20.5. The molecule has 0 spiro atoms. The van der Waals surface area contributed by atoms with Crippen molar-refractivity contribution in [2.75, 3.05) is 23.8 Å². The van der Waals surface area contributed by atoms with E-state index >= 15 is 0 Å². The molecular weight excluding hydrogens is 456 g/mol. The van der Waals surface area contributed by atoms with Crippen LogP contribution < -0.4 is 0 Å². The first-order chi connectivity index (χ1) is 15.9. The maximum atomic E-state index is 13.1. The number of carbonyl (C=O) groups is 1. The summed E-state index contributed by atoms with van der Waals surface area (Å²) in [6.45, 7) is 4.58. The molecule has 1 saturated heterocycles. The van der Waals surface area contributed by atoms with E-state index < -0.39 is 9.84 Å². The Balaban J connectivity index is 1.60. The molecule has 9 heteroatoms. The Labute approximate surface area is 199 Å². The number of aryl methyl sites for hydroxylation is 1. The SMILES string of the molecule is CCCN(C(=O)CSc1nnc(-c2ccccc2)n1-c1cccc(C)c1)C1CCS(=O)(=O)C1. The average molecular weight is 485 g/mol. The lowest BCUT2D eigenvalue weighted by Crippen LogP contribution is -2.42. The molecule has 7 nitrogen and oxygen atoms in total. The second-order valence-corrected chi connectivity index (χ2v) is 11.5. The number of hydrogen-bond donors (Lipinski definition) is 0. The van der Waals surface area contributed by atoms with Crippen LogP contribution in [0.3, 0.4) is 0 Å². The molecule has 0 radical (unpaired) electrons. The van der Waals surface area contributed by atoms with Gasteiger partial charge in [0.05, 0.1) is 17.3 Å². The van der Waals surface area contributed by atoms with E-state index in [1.54, 1.807) is 4.90 Å². The molecule has 1 fully saturated rings. The Morgan fingerprint density at radius 2 is 1.94 bits per heavy atom. The predicted molar refractivity (Wildman–Crippen MR) is 131 cm³/mol. The lowest BCUT2D eigenvalue weighted by atomic mass is 10.2. The number of aromatic nitrogens is 3. The second-order valence-electron chi connectivity index (χ2n) is 8.28. The van der Waals surface area contributed by atoms with E-state index in [0.717, 1.165) is 23.2 Å². The molecular formula is C24H28N4O3S2. The van der Waals surface area contributed by atoms with E-state index in [-0.39, 0.29) is 29.2 Å². The van der Waals surface area contributed by atoms with E-state index in [2.05, 4.69) is 16.3 Å². The third-order valence-electron chi connectivity index (χ3n) is 5.68. The third-order valence-corrected chi connectivity index (χ3v) is 8.35. The Kier molecular flexibility index (Phi) is 7.19. The monoisotopic (exact) mass is 484 g/mol. The molecule has 3 aromatic rings. The molecule has 1 aliphatic heterocycles. The number of amides is 1. The van der Waals surface area contributed by atoms with Crippen molar-refractivity contribution < 1.29 is 13.2 Å². The Bertz CT molecular complexity index is 1230. The molecule has 4 rings (SSSR count). The molecule has 1 aromatic heterocycles. The molecule has 1 amide bonds. The van der Waals surface area contributed by atoms with Crippen LogP contribution in [0, 0.1) is 6.92 Å². The highest BCUT2D eigenvalue weighted by molar-refractivity contribution is 7.99. The molecule has 174 valence electrons. The molecule has 0 bridgehead atoms. The van der Waals surface area contributed by atoms with Crippen LogP contribution in [0.15, 0.2) is 59.8 Å². The molecule has 33 heavy (non-hydrogen) atoms. The van der Waals surface area contributed by atoms with Crippen molar-refractivity contribution in [3.63, 3.8) is 0 Å². The maximum absolute atomic E-state index is 13.1. The first kappa shape index (κ1) is 23.5. The lowest BCUT2D eigenvalue weighted by Gasteiger charge is -2.27. The minimum absolute atomic E-state index is 0.0566. The molecule has 2 aromatic carbocycles. The topological polar surface area (TPSA) is 85.2 Å². The van der Waals surface area contributed by atoms with Crippen molar-refractivity contribution in [3.05, 3.63) is 60.2 Å². The van der Waals surface area contributed by atoms with Gasteiger partial charge >= 0.3 is 0 Å². The van der Waals surface area contributed by atoms with E-state index in [4.69, 9.17) is 0 Å². The Hall–Kier alpha value is -2.65. The lowest BCUT2D eigenvalue weighted by molar-refractivity contribution is -0.130. The van der Waals surface area contributed by atoms with Gasteiger partial charge in [0.2, 0.25) is 5.91 Å². The molecule has 0 aliphatic carbocycles. The number of rotatable bonds is 8. The van der Waals surface area contributed by atoms with Gasteiger partial charge in [0.15, 0.2) is 20.8 Å². The fourth-order valence-electron chi connectivity index (χ4n) is 4.12. The van der Waals surface area contributed by atoms with Crippen molar-refractivity contribution in [2.24, 2.45) is 0 Å². The predicted octanol–water partition coefficient (Wildman–Crippen LogP) is 3.76. The highest BCUT2D eigenvalue weighted by atomic mass is 32.2. The maximum Gasteiger partial charge on any atom is 0.233 e. The van der Waals surface area contributed by atoms with Crippen LogP contribution in [0.5, 0.6) is 0 Å². The molecule has 2 heterocycles. The summed E-state index contributed by atoms with van der Waals surface area (Å²) in [5.74, 6) is 1.03. The molecule has 1 aliphatic rings. The van der Waals surface area contributed by atoms with Crippen molar-refractivity contribution in [1.29, 1.82) is 0 Å². The molecule has 0 saturated carbocycles. The van der Waals surface area contributed by atoms with Gasteiger partial charge < -0.3 is 4.90 Å². The average Bonchev–Trinajstić information content (AvgIpc) is 3.39. The normalized spacial score (nSPS) is 17.2. The Morgan fingerprint density at radius 1 is 1.15 bits per heavy atom. The van der Waals surface area contributed by atoms with Gasteiger partial charge in [-0.15, -0.1) is 10.2 Å². The number of nitrogens with zero attached hydrogens (tertiary/aromatic N) is 4. The summed E-state index contributed by atoms with van der Waals surface area (Å²) in [5.41, 5.74) is 2.98.